The van der Waals surface area contributed by atoms with Gasteiger partial charge < -0.3 is 4.74 Å². The van der Waals surface area contributed by atoms with Gasteiger partial charge in [0, 0.05) is 5.02 Å². The Bertz CT molecular complexity index is 759. The molecule has 5 heteroatoms. The first-order valence-corrected chi connectivity index (χ1v) is 7.84. The summed E-state index contributed by atoms with van der Waals surface area (Å²) in [5.74, 6) is -0.255. The summed E-state index contributed by atoms with van der Waals surface area (Å²) in [7, 11) is 0. The molecule has 1 unspecified atom stereocenters. The van der Waals surface area contributed by atoms with Gasteiger partial charge in [-0.15, -0.1) is 0 Å². The Labute approximate surface area is 139 Å². The molecule has 4 nitrogen and oxygen atoms in total. The van der Waals surface area contributed by atoms with Crippen LogP contribution in [0, 0.1) is 0 Å². The number of halogens is 1. The summed E-state index contributed by atoms with van der Waals surface area (Å²) >= 11 is 6.17. The molecular weight excluding hydrogens is 314 g/mol. The van der Waals surface area contributed by atoms with Crippen molar-refractivity contribution in [2.45, 2.75) is 26.0 Å². The first kappa shape index (κ1) is 15.6. The molecule has 118 valence electrons. The number of para-hydroxylation sites is 1. The molecule has 1 aliphatic heterocycles. The zero-order valence-corrected chi connectivity index (χ0v) is 13.4. The third-order valence-corrected chi connectivity index (χ3v) is 4.20. The fourth-order valence-corrected chi connectivity index (χ4v) is 2.77. The largest absolute Gasteiger partial charge is 0.480 e. The molecule has 0 aromatic heterocycles. The minimum atomic E-state index is -0.676. The molecule has 3 rings (SSSR count). The Morgan fingerprint density at radius 2 is 1.78 bits per heavy atom. The maximum atomic E-state index is 12.8. The normalized spacial score (nSPS) is 17.5. The number of hydrogen-bond donors (Lipinski definition) is 0. The van der Waals surface area contributed by atoms with Gasteiger partial charge in [0.1, 0.15) is 5.75 Å². The van der Waals surface area contributed by atoms with Crippen LogP contribution < -0.4 is 4.74 Å². The third kappa shape index (κ3) is 2.94. The second-order valence-electron chi connectivity index (χ2n) is 5.33. The lowest BCUT2D eigenvalue weighted by molar-refractivity contribution is -0.136. The van der Waals surface area contributed by atoms with E-state index in [2.05, 4.69) is 0 Å². The number of hydrogen-bond acceptors (Lipinski definition) is 3. The van der Waals surface area contributed by atoms with Crippen molar-refractivity contribution in [1.29, 1.82) is 0 Å². The van der Waals surface area contributed by atoms with Crippen molar-refractivity contribution >= 4 is 23.4 Å². The van der Waals surface area contributed by atoms with Gasteiger partial charge in [-0.1, -0.05) is 48.9 Å². The first-order valence-electron chi connectivity index (χ1n) is 7.46. The predicted molar refractivity (Wildman–Crippen MR) is 87.5 cm³/mol. The van der Waals surface area contributed by atoms with Gasteiger partial charge in [-0.3, -0.25) is 14.5 Å². The molecule has 1 heterocycles. The second kappa shape index (κ2) is 6.42. The van der Waals surface area contributed by atoms with Crippen LogP contribution in [0.25, 0.3) is 0 Å². The van der Waals surface area contributed by atoms with Gasteiger partial charge >= 0.3 is 0 Å². The van der Waals surface area contributed by atoms with Crippen molar-refractivity contribution in [3.63, 3.8) is 0 Å². The summed E-state index contributed by atoms with van der Waals surface area (Å²) in [6.07, 6.45) is -0.190. The minimum Gasteiger partial charge on any atom is -0.480 e. The average molecular weight is 330 g/mol. The summed E-state index contributed by atoms with van der Waals surface area (Å²) in [6.45, 7) is 1.99. The average Bonchev–Trinajstić information content (AvgIpc) is 2.67. The van der Waals surface area contributed by atoms with Crippen molar-refractivity contribution in [3.05, 3.63) is 64.7 Å². The van der Waals surface area contributed by atoms with Crippen LogP contribution in [-0.2, 0) is 11.3 Å². The van der Waals surface area contributed by atoms with Gasteiger partial charge in [0.2, 0.25) is 0 Å². The summed E-state index contributed by atoms with van der Waals surface area (Å²) in [4.78, 5) is 26.7. The van der Waals surface area contributed by atoms with E-state index in [1.807, 2.05) is 25.1 Å². The number of fused-ring (bicyclic) bond motifs is 1. The number of imide groups is 1. The number of carbonyl (C=O) groups is 2. The lowest BCUT2D eigenvalue weighted by Crippen LogP contribution is -2.42. The molecular formula is C18H16ClNO3. The summed E-state index contributed by atoms with van der Waals surface area (Å²) < 4.78 is 5.74. The van der Waals surface area contributed by atoms with Gasteiger partial charge in [0.05, 0.1) is 12.1 Å². The Morgan fingerprint density at radius 1 is 1.09 bits per heavy atom. The third-order valence-electron chi connectivity index (χ3n) is 3.83. The zero-order valence-electron chi connectivity index (χ0n) is 12.7. The van der Waals surface area contributed by atoms with Crippen LogP contribution in [0.5, 0.6) is 5.75 Å². The van der Waals surface area contributed by atoms with Gasteiger partial charge in [0.25, 0.3) is 11.8 Å². The lowest BCUT2D eigenvalue weighted by Gasteiger charge is -2.22. The molecule has 0 saturated carbocycles. The number of nitrogens with zero attached hydrogens (tertiary/aromatic N) is 1. The van der Waals surface area contributed by atoms with Crippen molar-refractivity contribution in [1.82, 2.24) is 4.90 Å². The van der Waals surface area contributed by atoms with Crippen molar-refractivity contribution < 1.29 is 14.3 Å². The molecule has 0 bridgehead atoms. The van der Waals surface area contributed by atoms with Crippen LogP contribution in [0.4, 0.5) is 0 Å². The monoisotopic (exact) mass is 329 g/mol. The van der Waals surface area contributed by atoms with Gasteiger partial charge in [-0.2, -0.15) is 0 Å². The number of carbonyl (C=O) groups excluding carboxylic acids is 2. The predicted octanol–water partition coefficient (Wildman–Crippen LogP) is 3.68. The number of benzene rings is 2. The van der Waals surface area contributed by atoms with Gasteiger partial charge in [-0.05, 0) is 30.2 Å². The highest BCUT2D eigenvalue weighted by atomic mass is 35.5. The van der Waals surface area contributed by atoms with Crippen molar-refractivity contribution in [2.75, 3.05) is 0 Å². The van der Waals surface area contributed by atoms with E-state index in [1.165, 1.54) is 4.90 Å². The van der Waals surface area contributed by atoms with E-state index in [1.54, 1.807) is 30.3 Å². The molecule has 0 saturated heterocycles. The van der Waals surface area contributed by atoms with Crippen LogP contribution in [-0.4, -0.2) is 22.8 Å². The quantitative estimate of drug-likeness (QED) is 0.807. The van der Waals surface area contributed by atoms with Crippen molar-refractivity contribution in [3.8, 4) is 5.75 Å². The van der Waals surface area contributed by atoms with E-state index in [-0.39, 0.29) is 18.4 Å². The van der Waals surface area contributed by atoms with Crippen LogP contribution in [0.3, 0.4) is 0 Å². The first-order chi connectivity index (χ1) is 11.1. The molecule has 1 aliphatic rings. The number of rotatable bonds is 3. The highest BCUT2D eigenvalue weighted by molar-refractivity contribution is 6.31. The standard InChI is InChI=1S/C18H16ClNO3/c1-2-15-18(22)20(11-12-7-3-5-9-14(12)19)17(21)13-8-4-6-10-16(13)23-15/h3-10,15H,2,11H2,1H3. The fourth-order valence-electron chi connectivity index (χ4n) is 2.57. The van der Waals surface area contributed by atoms with Crippen LogP contribution in [0.1, 0.15) is 29.3 Å². The van der Waals surface area contributed by atoms with E-state index in [0.717, 1.165) is 5.56 Å². The number of ether oxygens (including phenoxy) is 1. The molecule has 2 aromatic carbocycles. The highest BCUT2D eigenvalue weighted by Crippen LogP contribution is 2.28. The molecule has 2 aromatic rings. The Hall–Kier alpha value is -2.33. The fraction of sp³-hybridized carbons (Fsp3) is 0.222. The van der Waals surface area contributed by atoms with E-state index in [0.29, 0.717) is 22.8 Å². The highest BCUT2D eigenvalue weighted by Gasteiger charge is 2.35. The molecule has 23 heavy (non-hydrogen) atoms. The van der Waals surface area contributed by atoms with Crippen LogP contribution in [0.15, 0.2) is 48.5 Å². The topological polar surface area (TPSA) is 46.6 Å². The van der Waals surface area contributed by atoms with Gasteiger partial charge in [-0.25, -0.2) is 0 Å². The van der Waals surface area contributed by atoms with Crippen LogP contribution in [0.2, 0.25) is 5.02 Å². The van der Waals surface area contributed by atoms with Crippen molar-refractivity contribution in [2.24, 2.45) is 0 Å². The Balaban J connectivity index is 2.02. The summed E-state index contributed by atoms with van der Waals surface area (Å²) in [6, 6.07) is 14.1. The summed E-state index contributed by atoms with van der Waals surface area (Å²) in [5, 5.41) is 0.527. The summed E-state index contributed by atoms with van der Waals surface area (Å²) in [5.41, 5.74) is 1.12. The van der Waals surface area contributed by atoms with E-state index in [4.69, 9.17) is 16.3 Å². The Kier molecular flexibility index (Phi) is 4.35. The zero-order chi connectivity index (χ0) is 16.4. The second-order valence-corrected chi connectivity index (χ2v) is 5.74. The Morgan fingerprint density at radius 3 is 2.52 bits per heavy atom. The van der Waals surface area contributed by atoms with E-state index in [9.17, 15) is 9.59 Å². The smallest absolute Gasteiger partial charge is 0.270 e. The lowest BCUT2D eigenvalue weighted by atomic mass is 10.1. The molecule has 0 spiro atoms. The molecule has 0 fully saturated rings. The van der Waals surface area contributed by atoms with Gasteiger partial charge in [0.15, 0.2) is 6.10 Å². The molecule has 2 amide bonds. The maximum Gasteiger partial charge on any atom is 0.270 e. The molecule has 1 atom stereocenters. The minimum absolute atomic E-state index is 0.130. The van der Waals surface area contributed by atoms with E-state index < -0.39 is 6.10 Å². The van der Waals surface area contributed by atoms with Crippen LogP contribution >= 0.6 is 11.6 Å². The molecule has 0 radical (unpaired) electrons. The number of amides is 2. The van der Waals surface area contributed by atoms with E-state index >= 15 is 0 Å². The maximum absolute atomic E-state index is 12.8. The SMILES string of the molecule is CCC1Oc2ccccc2C(=O)N(Cc2ccccc2Cl)C1=O. The molecule has 0 aliphatic carbocycles. The molecule has 0 N–H and O–H groups in total.